The summed E-state index contributed by atoms with van der Waals surface area (Å²) in [5.41, 5.74) is 7.15. The zero-order valence-electron chi connectivity index (χ0n) is 9.46. The Morgan fingerprint density at radius 3 is 2.13 bits per heavy atom. The molecule has 0 aromatic heterocycles. The van der Waals surface area contributed by atoms with Gasteiger partial charge in [0, 0.05) is 11.4 Å². The lowest BCUT2D eigenvalue weighted by Crippen LogP contribution is -2.40. The van der Waals surface area contributed by atoms with E-state index in [-0.39, 0.29) is 12.1 Å². The van der Waals surface area contributed by atoms with Crippen molar-refractivity contribution in [3.63, 3.8) is 0 Å². The number of aliphatic hydroxyl groups excluding tert-OH is 1. The van der Waals surface area contributed by atoms with E-state index in [4.69, 9.17) is 5.73 Å². The van der Waals surface area contributed by atoms with Crippen molar-refractivity contribution in [2.24, 2.45) is 0 Å². The van der Waals surface area contributed by atoms with Crippen molar-refractivity contribution in [1.29, 1.82) is 0 Å². The van der Waals surface area contributed by atoms with Gasteiger partial charge in [-0.1, -0.05) is 13.8 Å². The highest BCUT2D eigenvalue weighted by Gasteiger charge is 2.24. The number of hydrogen-bond acceptors (Lipinski definition) is 3. The predicted molar refractivity (Wildman–Crippen MR) is 64.9 cm³/mol. The highest BCUT2D eigenvalue weighted by Crippen LogP contribution is 2.22. The fourth-order valence-corrected chi connectivity index (χ4v) is 1.56. The molecule has 0 radical (unpaired) electrons. The Balaban J connectivity index is 2.78. The van der Waals surface area contributed by atoms with Crippen LogP contribution < -0.4 is 11.1 Å². The predicted octanol–water partition coefficient (Wildman–Crippen LogP) is 2.23. The van der Waals surface area contributed by atoms with E-state index in [9.17, 15) is 5.11 Å². The Morgan fingerprint density at radius 2 is 1.73 bits per heavy atom. The van der Waals surface area contributed by atoms with Crippen LogP contribution in [0.25, 0.3) is 0 Å². The third-order valence-corrected chi connectivity index (χ3v) is 2.98. The van der Waals surface area contributed by atoms with Gasteiger partial charge < -0.3 is 16.2 Å². The largest absolute Gasteiger partial charge is 0.399 e. The van der Waals surface area contributed by atoms with Crippen LogP contribution >= 0.6 is 0 Å². The first-order chi connectivity index (χ1) is 7.15. The molecule has 0 amide bonds. The van der Waals surface area contributed by atoms with Gasteiger partial charge in [0.05, 0.1) is 12.1 Å². The summed E-state index contributed by atoms with van der Waals surface area (Å²) < 4.78 is 0. The molecular formula is C12H20N2O. The summed E-state index contributed by atoms with van der Waals surface area (Å²) in [5, 5.41) is 12.8. The lowest BCUT2D eigenvalue weighted by molar-refractivity contribution is 0.202. The monoisotopic (exact) mass is 208 g/mol. The molecule has 1 aromatic carbocycles. The maximum absolute atomic E-state index is 9.41. The summed E-state index contributed by atoms with van der Waals surface area (Å²) in [6.07, 6.45) is 1.79. The number of nitrogen functional groups attached to an aromatic ring is 1. The molecule has 4 N–H and O–H groups in total. The molecule has 3 heteroatoms. The van der Waals surface area contributed by atoms with Gasteiger partial charge >= 0.3 is 0 Å². The first-order valence-corrected chi connectivity index (χ1v) is 5.40. The Kier molecular flexibility index (Phi) is 3.97. The normalized spacial score (nSPS) is 11.4. The van der Waals surface area contributed by atoms with Gasteiger partial charge in [0.15, 0.2) is 0 Å². The van der Waals surface area contributed by atoms with E-state index in [0.29, 0.717) is 0 Å². The van der Waals surface area contributed by atoms with Crippen LogP contribution in [-0.2, 0) is 0 Å². The second kappa shape index (κ2) is 5.03. The van der Waals surface area contributed by atoms with Crippen molar-refractivity contribution in [2.45, 2.75) is 32.2 Å². The van der Waals surface area contributed by atoms with E-state index in [1.807, 2.05) is 24.3 Å². The van der Waals surface area contributed by atoms with Gasteiger partial charge in [-0.25, -0.2) is 0 Å². The summed E-state index contributed by atoms with van der Waals surface area (Å²) >= 11 is 0. The molecule has 3 nitrogen and oxygen atoms in total. The standard InChI is InChI=1S/C12H20N2O/c1-3-12(4-2,9-15)14-11-7-5-10(13)6-8-11/h5-8,14-15H,3-4,9,13H2,1-2H3. The first-order valence-electron chi connectivity index (χ1n) is 5.40. The first kappa shape index (κ1) is 11.9. The Bertz CT molecular complexity index is 283. The Morgan fingerprint density at radius 1 is 1.20 bits per heavy atom. The molecule has 0 unspecified atom stereocenters. The van der Waals surface area contributed by atoms with Crippen molar-refractivity contribution in [1.82, 2.24) is 0 Å². The number of nitrogens with two attached hydrogens (primary N) is 1. The van der Waals surface area contributed by atoms with Gasteiger partial charge in [-0.3, -0.25) is 0 Å². The molecule has 0 bridgehead atoms. The highest BCUT2D eigenvalue weighted by atomic mass is 16.3. The van der Waals surface area contributed by atoms with E-state index in [1.165, 1.54) is 0 Å². The average molecular weight is 208 g/mol. The topological polar surface area (TPSA) is 58.3 Å². The molecule has 1 rings (SSSR count). The van der Waals surface area contributed by atoms with Gasteiger partial charge in [-0.2, -0.15) is 0 Å². The second-order valence-electron chi connectivity index (χ2n) is 3.89. The van der Waals surface area contributed by atoms with Gasteiger partial charge in [-0.15, -0.1) is 0 Å². The van der Waals surface area contributed by atoms with Crippen LogP contribution in [0.4, 0.5) is 11.4 Å². The minimum absolute atomic E-state index is 0.143. The zero-order chi connectivity index (χ0) is 11.3. The van der Waals surface area contributed by atoms with Crippen LogP contribution in [-0.4, -0.2) is 17.3 Å². The maximum atomic E-state index is 9.41. The molecule has 0 heterocycles. The van der Waals surface area contributed by atoms with Crippen molar-refractivity contribution < 1.29 is 5.11 Å². The van der Waals surface area contributed by atoms with E-state index >= 15 is 0 Å². The summed E-state index contributed by atoms with van der Waals surface area (Å²) in [5.74, 6) is 0. The molecule has 0 aliphatic carbocycles. The molecule has 0 atom stereocenters. The van der Waals surface area contributed by atoms with Crippen LogP contribution in [0.15, 0.2) is 24.3 Å². The fraction of sp³-hybridized carbons (Fsp3) is 0.500. The van der Waals surface area contributed by atoms with Crippen molar-refractivity contribution in [2.75, 3.05) is 17.7 Å². The number of anilines is 2. The third-order valence-electron chi connectivity index (χ3n) is 2.98. The fourth-order valence-electron chi connectivity index (χ4n) is 1.56. The average Bonchev–Trinajstić information content (AvgIpc) is 2.29. The Hall–Kier alpha value is -1.22. The van der Waals surface area contributed by atoms with Gasteiger partial charge in [0.1, 0.15) is 0 Å². The molecule has 0 fully saturated rings. The lowest BCUT2D eigenvalue weighted by Gasteiger charge is -2.32. The van der Waals surface area contributed by atoms with Crippen LogP contribution in [0.2, 0.25) is 0 Å². The van der Waals surface area contributed by atoms with E-state index in [0.717, 1.165) is 24.2 Å². The van der Waals surface area contributed by atoms with E-state index in [2.05, 4.69) is 19.2 Å². The lowest BCUT2D eigenvalue weighted by atomic mass is 9.93. The molecule has 0 aliphatic rings. The van der Waals surface area contributed by atoms with Crippen LogP contribution in [0.1, 0.15) is 26.7 Å². The van der Waals surface area contributed by atoms with Crippen LogP contribution in [0.3, 0.4) is 0 Å². The number of aliphatic hydroxyl groups is 1. The summed E-state index contributed by atoms with van der Waals surface area (Å²) in [7, 11) is 0. The highest BCUT2D eigenvalue weighted by molar-refractivity contribution is 5.52. The zero-order valence-corrected chi connectivity index (χ0v) is 9.46. The van der Waals surface area contributed by atoms with Crippen molar-refractivity contribution in [3.8, 4) is 0 Å². The third kappa shape index (κ3) is 2.86. The van der Waals surface area contributed by atoms with Crippen LogP contribution in [0.5, 0.6) is 0 Å². The van der Waals surface area contributed by atoms with E-state index < -0.39 is 0 Å². The number of nitrogens with one attached hydrogen (secondary N) is 1. The maximum Gasteiger partial charge on any atom is 0.0661 e. The number of hydrogen-bond donors (Lipinski definition) is 3. The number of benzene rings is 1. The van der Waals surface area contributed by atoms with Crippen molar-refractivity contribution in [3.05, 3.63) is 24.3 Å². The van der Waals surface area contributed by atoms with Crippen LogP contribution in [0, 0.1) is 0 Å². The smallest absolute Gasteiger partial charge is 0.0661 e. The summed E-state index contributed by atoms with van der Waals surface area (Å²) in [4.78, 5) is 0. The number of rotatable bonds is 5. The quantitative estimate of drug-likeness (QED) is 0.650. The SMILES string of the molecule is CCC(CC)(CO)Nc1ccc(N)cc1. The molecule has 1 aromatic rings. The van der Waals surface area contributed by atoms with Gasteiger partial charge in [-0.05, 0) is 37.1 Å². The molecular weight excluding hydrogens is 188 g/mol. The van der Waals surface area contributed by atoms with Crippen molar-refractivity contribution >= 4 is 11.4 Å². The molecule has 15 heavy (non-hydrogen) atoms. The van der Waals surface area contributed by atoms with Gasteiger partial charge in [0.2, 0.25) is 0 Å². The Labute approximate surface area is 91.3 Å². The molecule has 0 aliphatic heterocycles. The summed E-state index contributed by atoms with van der Waals surface area (Å²) in [6.45, 7) is 4.29. The molecule has 0 saturated heterocycles. The van der Waals surface area contributed by atoms with Gasteiger partial charge in [0.25, 0.3) is 0 Å². The molecule has 84 valence electrons. The molecule has 0 spiro atoms. The van der Waals surface area contributed by atoms with E-state index in [1.54, 1.807) is 0 Å². The summed E-state index contributed by atoms with van der Waals surface area (Å²) in [6, 6.07) is 7.59. The molecule has 0 saturated carbocycles. The second-order valence-corrected chi connectivity index (χ2v) is 3.89. The minimum atomic E-state index is -0.212. The minimum Gasteiger partial charge on any atom is -0.399 e.